The molecule has 3 aromatic carbocycles. The number of benzene rings is 3. The zero-order chi connectivity index (χ0) is 28.7. The summed E-state index contributed by atoms with van der Waals surface area (Å²) in [4.78, 5) is 29.2. The van der Waals surface area contributed by atoms with Crippen molar-refractivity contribution in [2.45, 2.75) is 52.7 Å². The maximum atomic E-state index is 14.1. The molecule has 0 aliphatic rings. The standard InChI is InChI=1S/C30H36ClN3O4S/c1-21(2)32-30(36)28(18-24-13-7-6-8-14-24)33(19-25-15-10-9-12-22(25)3)29(35)20-34(39(5,37)38)27-17-11-16-26(31)23(27)4/h6-17,21,28H,18-20H2,1-5H3,(H,32,36)/t28-/m1/s1. The molecule has 0 heterocycles. The Hall–Kier alpha value is -3.36. The molecular formula is C30H36ClN3O4S. The summed E-state index contributed by atoms with van der Waals surface area (Å²) in [5, 5.41) is 3.34. The fourth-order valence-corrected chi connectivity index (χ4v) is 5.44. The van der Waals surface area contributed by atoms with Gasteiger partial charge >= 0.3 is 0 Å². The van der Waals surface area contributed by atoms with Crippen LogP contribution in [-0.2, 0) is 32.6 Å². The summed E-state index contributed by atoms with van der Waals surface area (Å²) in [5.74, 6) is -0.802. The molecule has 3 aromatic rings. The van der Waals surface area contributed by atoms with Crippen LogP contribution in [-0.4, -0.2) is 50.0 Å². The number of carbonyl (C=O) groups excluding carboxylic acids is 2. The van der Waals surface area contributed by atoms with Gasteiger partial charge < -0.3 is 10.2 Å². The van der Waals surface area contributed by atoms with E-state index in [2.05, 4.69) is 5.32 Å². The summed E-state index contributed by atoms with van der Waals surface area (Å²) < 4.78 is 26.9. The van der Waals surface area contributed by atoms with Crippen molar-refractivity contribution in [1.29, 1.82) is 0 Å². The first kappa shape index (κ1) is 30.2. The number of sulfonamides is 1. The van der Waals surface area contributed by atoms with Gasteiger partial charge in [0.05, 0.1) is 11.9 Å². The molecule has 0 saturated carbocycles. The fraction of sp³-hybridized carbons (Fsp3) is 0.333. The van der Waals surface area contributed by atoms with Crippen LogP contribution in [0.3, 0.4) is 0 Å². The Kier molecular flexibility index (Phi) is 10.2. The summed E-state index contributed by atoms with van der Waals surface area (Å²) in [6.07, 6.45) is 1.32. The highest BCUT2D eigenvalue weighted by molar-refractivity contribution is 7.92. The molecule has 0 unspecified atom stereocenters. The van der Waals surface area contributed by atoms with Crippen molar-refractivity contribution in [1.82, 2.24) is 10.2 Å². The van der Waals surface area contributed by atoms with Crippen LogP contribution in [0.5, 0.6) is 0 Å². The zero-order valence-corrected chi connectivity index (χ0v) is 24.6. The minimum atomic E-state index is -3.86. The maximum Gasteiger partial charge on any atom is 0.244 e. The average molecular weight is 570 g/mol. The van der Waals surface area contributed by atoms with Gasteiger partial charge in [-0.2, -0.15) is 0 Å². The Morgan fingerprint density at radius 2 is 1.56 bits per heavy atom. The van der Waals surface area contributed by atoms with Gasteiger partial charge in [0.1, 0.15) is 12.6 Å². The predicted molar refractivity (Wildman–Crippen MR) is 157 cm³/mol. The number of aryl methyl sites for hydroxylation is 1. The third kappa shape index (κ3) is 8.07. The zero-order valence-electron chi connectivity index (χ0n) is 23.0. The van der Waals surface area contributed by atoms with E-state index >= 15 is 0 Å². The quantitative estimate of drug-likeness (QED) is 0.356. The molecule has 39 heavy (non-hydrogen) atoms. The van der Waals surface area contributed by atoms with Crippen molar-refractivity contribution in [3.63, 3.8) is 0 Å². The van der Waals surface area contributed by atoms with E-state index in [1.807, 2.05) is 75.4 Å². The molecule has 0 aliphatic heterocycles. The lowest BCUT2D eigenvalue weighted by atomic mass is 10.0. The Labute approximate surface area is 236 Å². The number of anilines is 1. The first-order chi connectivity index (χ1) is 18.4. The third-order valence-electron chi connectivity index (χ3n) is 6.49. The number of carbonyl (C=O) groups is 2. The lowest BCUT2D eigenvalue weighted by Gasteiger charge is -2.34. The number of rotatable bonds is 11. The largest absolute Gasteiger partial charge is 0.352 e. The van der Waals surface area contributed by atoms with Gasteiger partial charge in [0.25, 0.3) is 0 Å². The second-order valence-corrected chi connectivity index (χ2v) is 12.3. The lowest BCUT2D eigenvalue weighted by Crippen LogP contribution is -2.54. The molecule has 7 nitrogen and oxygen atoms in total. The molecule has 208 valence electrons. The third-order valence-corrected chi connectivity index (χ3v) is 8.03. The first-order valence-corrected chi connectivity index (χ1v) is 15.0. The molecule has 3 rings (SSSR count). The van der Waals surface area contributed by atoms with Crippen LogP contribution in [0.1, 0.15) is 36.1 Å². The highest BCUT2D eigenvalue weighted by Crippen LogP contribution is 2.28. The van der Waals surface area contributed by atoms with Crippen molar-refractivity contribution in [2.75, 3.05) is 17.1 Å². The van der Waals surface area contributed by atoms with E-state index in [0.717, 1.165) is 27.3 Å². The van der Waals surface area contributed by atoms with E-state index in [4.69, 9.17) is 11.6 Å². The highest BCUT2D eigenvalue weighted by Gasteiger charge is 2.33. The number of nitrogens with zero attached hydrogens (tertiary/aromatic N) is 2. The van der Waals surface area contributed by atoms with Crippen molar-refractivity contribution in [3.8, 4) is 0 Å². The van der Waals surface area contributed by atoms with Gasteiger partial charge in [-0.25, -0.2) is 8.42 Å². The van der Waals surface area contributed by atoms with Gasteiger partial charge in [-0.1, -0.05) is 72.3 Å². The fourth-order valence-electron chi connectivity index (χ4n) is 4.37. The van der Waals surface area contributed by atoms with E-state index in [-0.39, 0.29) is 24.9 Å². The van der Waals surface area contributed by atoms with Crippen LogP contribution < -0.4 is 9.62 Å². The number of hydrogen-bond acceptors (Lipinski definition) is 4. The normalized spacial score (nSPS) is 12.2. The smallest absolute Gasteiger partial charge is 0.244 e. The molecule has 0 saturated heterocycles. The summed E-state index contributed by atoms with van der Waals surface area (Å²) in [6.45, 7) is 7.03. The molecule has 0 bridgehead atoms. The minimum absolute atomic E-state index is 0.140. The Bertz CT molecular complexity index is 1410. The van der Waals surface area contributed by atoms with Crippen LogP contribution in [0, 0.1) is 13.8 Å². The molecule has 0 aromatic heterocycles. The Morgan fingerprint density at radius 3 is 2.18 bits per heavy atom. The molecule has 0 radical (unpaired) electrons. The molecule has 9 heteroatoms. The van der Waals surface area contributed by atoms with E-state index < -0.39 is 28.5 Å². The average Bonchev–Trinajstić information content (AvgIpc) is 2.87. The van der Waals surface area contributed by atoms with Crippen molar-refractivity contribution >= 4 is 39.1 Å². The van der Waals surface area contributed by atoms with E-state index in [0.29, 0.717) is 16.3 Å². The summed E-state index contributed by atoms with van der Waals surface area (Å²) >= 11 is 6.29. The molecule has 1 atom stereocenters. The van der Waals surface area contributed by atoms with Crippen molar-refractivity contribution < 1.29 is 18.0 Å². The van der Waals surface area contributed by atoms with E-state index in [1.165, 1.54) is 4.90 Å². The van der Waals surface area contributed by atoms with Crippen LogP contribution in [0.2, 0.25) is 5.02 Å². The number of halogens is 1. The van der Waals surface area contributed by atoms with Crippen LogP contribution >= 0.6 is 11.6 Å². The monoisotopic (exact) mass is 569 g/mol. The van der Waals surface area contributed by atoms with Gasteiger partial charge in [-0.05, 0) is 62.1 Å². The van der Waals surface area contributed by atoms with Gasteiger partial charge in [0.2, 0.25) is 21.8 Å². The van der Waals surface area contributed by atoms with E-state index in [9.17, 15) is 18.0 Å². The Balaban J connectivity index is 2.09. The Morgan fingerprint density at radius 1 is 0.923 bits per heavy atom. The van der Waals surface area contributed by atoms with Crippen LogP contribution in [0.25, 0.3) is 0 Å². The SMILES string of the molecule is Cc1ccccc1CN(C(=O)CN(c1cccc(Cl)c1C)S(C)(=O)=O)[C@H](Cc1ccccc1)C(=O)NC(C)C. The van der Waals surface area contributed by atoms with Crippen LogP contribution in [0.4, 0.5) is 5.69 Å². The lowest BCUT2D eigenvalue weighted by molar-refractivity contribution is -0.140. The van der Waals surface area contributed by atoms with Gasteiger partial charge in [0, 0.05) is 24.0 Å². The molecule has 0 fully saturated rings. The van der Waals surface area contributed by atoms with Gasteiger partial charge in [-0.3, -0.25) is 13.9 Å². The van der Waals surface area contributed by atoms with Crippen molar-refractivity contribution in [3.05, 3.63) is 100 Å². The van der Waals surface area contributed by atoms with Gasteiger partial charge in [0.15, 0.2) is 0 Å². The highest BCUT2D eigenvalue weighted by atomic mass is 35.5. The van der Waals surface area contributed by atoms with Gasteiger partial charge in [-0.15, -0.1) is 0 Å². The summed E-state index contributed by atoms with van der Waals surface area (Å²) in [7, 11) is -3.86. The first-order valence-electron chi connectivity index (χ1n) is 12.8. The van der Waals surface area contributed by atoms with Crippen LogP contribution in [0.15, 0.2) is 72.8 Å². The molecular weight excluding hydrogens is 534 g/mol. The van der Waals surface area contributed by atoms with Crippen molar-refractivity contribution in [2.24, 2.45) is 0 Å². The number of hydrogen-bond donors (Lipinski definition) is 1. The molecule has 0 spiro atoms. The minimum Gasteiger partial charge on any atom is -0.352 e. The molecule has 0 aliphatic carbocycles. The predicted octanol–water partition coefficient (Wildman–Crippen LogP) is 4.89. The second-order valence-electron chi connectivity index (χ2n) is 9.97. The van der Waals surface area contributed by atoms with E-state index in [1.54, 1.807) is 25.1 Å². The molecule has 2 amide bonds. The summed E-state index contributed by atoms with van der Waals surface area (Å²) in [6, 6.07) is 21.0. The maximum absolute atomic E-state index is 14.1. The number of nitrogens with one attached hydrogen (secondary N) is 1. The topological polar surface area (TPSA) is 86.8 Å². The molecule has 1 N–H and O–H groups in total. The summed E-state index contributed by atoms with van der Waals surface area (Å²) in [5.41, 5.74) is 3.58. The number of amides is 2. The second kappa shape index (κ2) is 13.1.